The van der Waals surface area contributed by atoms with Gasteiger partial charge < -0.3 is 9.64 Å². The van der Waals surface area contributed by atoms with Crippen LogP contribution in [-0.2, 0) is 10.0 Å². The lowest BCUT2D eigenvalue weighted by Crippen LogP contribution is -2.39. The SMILES string of the molecule is CCOc1ccccc1S(=O)(=O)NCC1CCN(c2nccnc2C#N)CC1. The highest BCUT2D eigenvalue weighted by atomic mass is 32.2. The van der Waals surface area contributed by atoms with Crippen molar-refractivity contribution in [3.63, 3.8) is 0 Å². The summed E-state index contributed by atoms with van der Waals surface area (Å²) in [5.41, 5.74) is 0.314. The van der Waals surface area contributed by atoms with Gasteiger partial charge in [-0.05, 0) is 37.8 Å². The van der Waals surface area contributed by atoms with Gasteiger partial charge in [-0.25, -0.2) is 23.1 Å². The molecule has 0 amide bonds. The van der Waals surface area contributed by atoms with Crippen molar-refractivity contribution in [1.82, 2.24) is 14.7 Å². The van der Waals surface area contributed by atoms with E-state index in [-0.39, 0.29) is 10.8 Å². The normalized spacial score (nSPS) is 15.2. The number of hydrogen-bond donors (Lipinski definition) is 1. The molecule has 2 aromatic rings. The molecule has 0 aliphatic carbocycles. The number of nitrogens with one attached hydrogen (secondary N) is 1. The molecule has 1 aliphatic heterocycles. The van der Waals surface area contributed by atoms with Gasteiger partial charge in [-0.2, -0.15) is 5.26 Å². The molecule has 0 spiro atoms. The molecule has 0 saturated carbocycles. The van der Waals surface area contributed by atoms with Crippen molar-refractivity contribution < 1.29 is 13.2 Å². The molecule has 0 unspecified atom stereocenters. The summed E-state index contributed by atoms with van der Waals surface area (Å²) >= 11 is 0. The standard InChI is InChI=1S/C19H23N5O3S/c1-2-27-17-5-3-4-6-18(17)28(25,26)23-14-15-7-11-24(12-8-15)19-16(13-20)21-9-10-22-19/h3-6,9-10,15,23H,2,7-8,11-12,14H2,1H3. The van der Waals surface area contributed by atoms with Crippen molar-refractivity contribution in [2.24, 2.45) is 5.92 Å². The number of rotatable bonds is 7. The third-order valence-electron chi connectivity index (χ3n) is 4.70. The third-order valence-corrected chi connectivity index (χ3v) is 6.16. The average Bonchev–Trinajstić information content (AvgIpc) is 2.73. The summed E-state index contributed by atoms with van der Waals surface area (Å²) in [6.45, 7) is 3.99. The maximum Gasteiger partial charge on any atom is 0.244 e. The molecule has 1 saturated heterocycles. The lowest BCUT2D eigenvalue weighted by atomic mass is 9.97. The zero-order valence-electron chi connectivity index (χ0n) is 15.7. The Morgan fingerprint density at radius 1 is 1.25 bits per heavy atom. The summed E-state index contributed by atoms with van der Waals surface area (Å²) in [6, 6.07) is 8.71. The molecule has 9 heteroatoms. The van der Waals surface area contributed by atoms with Crippen LogP contribution in [0.3, 0.4) is 0 Å². The van der Waals surface area contributed by atoms with Gasteiger partial charge in [0.1, 0.15) is 16.7 Å². The second kappa shape index (κ2) is 8.99. The van der Waals surface area contributed by atoms with Gasteiger partial charge in [-0.3, -0.25) is 0 Å². The lowest BCUT2D eigenvalue weighted by Gasteiger charge is -2.32. The van der Waals surface area contributed by atoms with Crippen LogP contribution in [0.5, 0.6) is 5.75 Å². The van der Waals surface area contributed by atoms with Crippen LogP contribution < -0.4 is 14.4 Å². The highest BCUT2D eigenvalue weighted by Gasteiger charge is 2.25. The molecule has 1 aromatic heterocycles. The molecule has 1 aromatic carbocycles. The first-order valence-corrected chi connectivity index (χ1v) is 10.7. The van der Waals surface area contributed by atoms with Crippen LogP contribution in [-0.4, -0.2) is 44.6 Å². The largest absolute Gasteiger partial charge is 0.492 e. The fourth-order valence-corrected chi connectivity index (χ4v) is 4.50. The fraction of sp³-hybridized carbons (Fsp3) is 0.421. The monoisotopic (exact) mass is 401 g/mol. The minimum atomic E-state index is -3.64. The zero-order valence-corrected chi connectivity index (χ0v) is 16.5. The smallest absolute Gasteiger partial charge is 0.244 e. The van der Waals surface area contributed by atoms with Crippen molar-refractivity contribution in [2.75, 3.05) is 31.1 Å². The van der Waals surface area contributed by atoms with E-state index in [0.29, 0.717) is 43.5 Å². The van der Waals surface area contributed by atoms with E-state index in [0.717, 1.165) is 12.8 Å². The Labute approximate surface area is 165 Å². The number of aromatic nitrogens is 2. The number of nitrogens with zero attached hydrogens (tertiary/aromatic N) is 4. The molecule has 148 valence electrons. The molecule has 8 nitrogen and oxygen atoms in total. The van der Waals surface area contributed by atoms with Crippen LogP contribution in [0, 0.1) is 17.2 Å². The summed E-state index contributed by atoms with van der Waals surface area (Å²) in [6.07, 6.45) is 4.68. The number of benzene rings is 1. The molecule has 1 N–H and O–H groups in total. The second-order valence-electron chi connectivity index (χ2n) is 6.50. The van der Waals surface area contributed by atoms with Crippen LogP contribution in [0.4, 0.5) is 5.82 Å². The van der Waals surface area contributed by atoms with Gasteiger partial charge >= 0.3 is 0 Å². The van der Waals surface area contributed by atoms with Crippen LogP contribution in [0.25, 0.3) is 0 Å². The average molecular weight is 401 g/mol. The Hall–Kier alpha value is -2.70. The van der Waals surface area contributed by atoms with Crippen LogP contribution in [0.15, 0.2) is 41.6 Å². The first-order valence-electron chi connectivity index (χ1n) is 9.22. The molecule has 1 aliphatic rings. The van der Waals surface area contributed by atoms with Gasteiger partial charge in [-0.1, -0.05) is 12.1 Å². The molecular weight excluding hydrogens is 378 g/mol. The number of piperidine rings is 1. The van der Waals surface area contributed by atoms with Gasteiger partial charge in [0, 0.05) is 32.0 Å². The van der Waals surface area contributed by atoms with Crippen molar-refractivity contribution in [1.29, 1.82) is 5.26 Å². The van der Waals surface area contributed by atoms with Crippen molar-refractivity contribution in [3.8, 4) is 11.8 Å². The molecule has 0 radical (unpaired) electrons. The van der Waals surface area contributed by atoms with Crippen LogP contribution in [0.2, 0.25) is 0 Å². The van der Waals surface area contributed by atoms with E-state index in [9.17, 15) is 13.7 Å². The predicted molar refractivity (Wildman–Crippen MR) is 104 cm³/mol. The molecule has 3 rings (SSSR count). The molecule has 1 fully saturated rings. The first-order chi connectivity index (χ1) is 13.5. The van der Waals surface area contributed by atoms with E-state index in [1.165, 1.54) is 6.20 Å². The summed E-state index contributed by atoms with van der Waals surface area (Å²) in [4.78, 5) is 10.5. The molecule has 2 heterocycles. The third kappa shape index (κ3) is 4.58. The number of para-hydroxylation sites is 1. The minimum absolute atomic E-state index is 0.160. The van der Waals surface area contributed by atoms with Crippen LogP contribution in [0.1, 0.15) is 25.5 Å². The van der Waals surface area contributed by atoms with E-state index in [4.69, 9.17) is 4.74 Å². The first kappa shape index (κ1) is 20.0. The maximum absolute atomic E-state index is 12.7. The Morgan fingerprint density at radius 2 is 1.96 bits per heavy atom. The Bertz CT molecular complexity index is 950. The second-order valence-corrected chi connectivity index (χ2v) is 8.24. The minimum Gasteiger partial charge on any atom is -0.492 e. The van der Waals surface area contributed by atoms with Gasteiger partial charge in [0.15, 0.2) is 11.5 Å². The highest BCUT2D eigenvalue weighted by Crippen LogP contribution is 2.25. The predicted octanol–water partition coefficient (Wildman–Crippen LogP) is 1.94. The maximum atomic E-state index is 12.7. The molecule has 0 atom stereocenters. The number of nitriles is 1. The van der Waals surface area contributed by atoms with Crippen molar-refractivity contribution >= 4 is 15.8 Å². The van der Waals surface area contributed by atoms with Gasteiger partial charge in [-0.15, -0.1) is 0 Å². The molecule has 28 heavy (non-hydrogen) atoms. The Kier molecular flexibility index (Phi) is 6.44. The van der Waals surface area contributed by atoms with E-state index in [1.54, 1.807) is 30.5 Å². The number of ether oxygens (including phenoxy) is 1. The topological polar surface area (TPSA) is 108 Å². The van der Waals surface area contributed by atoms with E-state index < -0.39 is 10.0 Å². The zero-order chi connectivity index (χ0) is 20.0. The summed E-state index contributed by atoms with van der Waals surface area (Å²) < 4.78 is 33.5. The van der Waals surface area contributed by atoms with Gasteiger partial charge in [0.25, 0.3) is 0 Å². The number of anilines is 1. The highest BCUT2D eigenvalue weighted by molar-refractivity contribution is 7.89. The summed E-state index contributed by atoms with van der Waals surface area (Å²) in [5.74, 6) is 1.17. The number of hydrogen-bond acceptors (Lipinski definition) is 7. The number of sulfonamides is 1. The van der Waals surface area contributed by atoms with Crippen molar-refractivity contribution in [2.45, 2.75) is 24.7 Å². The van der Waals surface area contributed by atoms with E-state index in [2.05, 4.69) is 20.8 Å². The van der Waals surface area contributed by atoms with Gasteiger partial charge in [0.2, 0.25) is 10.0 Å². The molecule has 0 bridgehead atoms. The van der Waals surface area contributed by atoms with Gasteiger partial charge in [0.05, 0.1) is 6.61 Å². The van der Waals surface area contributed by atoms with E-state index in [1.807, 2.05) is 11.8 Å². The lowest BCUT2D eigenvalue weighted by molar-refractivity contribution is 0.330. The Morgan fingerprint density at radius 3 is 2.68 bits per heavy atom. The van der Waals surface area contributed by atoms with E-state index >= 15 is 0 Å². The Balaban J connectivity index is 1.59. The fourth-order valence-electron chi connectivity index (χ4n) is 3.24. The van der Waals surface area contributed by atoms with Crippen molar-refractivity contribution in [3.05, 3.63) is 42.4 Å². The summed E-state index contributed by atoms with van der Waals surface area (Å²) in [5, 5.41) is 9.18. The quantitative estimate of drug-likeness (QED) is 0.755. The van der Waals surface area contributed by atoms with Crippen LogP contribution >= 0.6 is 0 Å². The molecular formula is C19H23N5O3S. The summed E-state index contributed by atoms with van der Waals surface area (Å²) in [7, 11) is -3.64.